The average Bonchev–Trinajstić information content (AvgIpc) is 2.65. The molecule has 0 bridgehead atoms. The smallest absolute Gasteiger partial charge is 0.358 e. The third-order valence-electron chi connectivity index (χ3n) is 2.37. The normalized spacial score (nSPS) is 10.6. The summed E-state index contributed by atoms with van der Waals surface area (Å²) in [6.45, 7) is -0.226. The first-order chi connectivity index (χ1) is 8.49. The molecule has 2 aromatic rings. The number of nitrogens with two attached hydrogens (primary N) is 1. The second kappa shape index (κ2) is 4.44. The van der Waals surface area contributed by atoms with E-state index in [2.05, 4.69) is 5.10 Å². The molecule has 0 aliphatic heterocycles. The van der Waals surface area contributed by atoms with Gasteiger partial charge in [0.2, 0.25) is 0 Å². The van der Waals surface area contributed by atoms with Crippen molar-refractivity contribution in [3.8, 4) is 0 Å². The molecular weight excluding hydrogens is 244 g/mol. The van der Waals surface area contributed by atoms with Gasteiger partial charge in [0, 0.05) is 11.8 Å². The van der Waals surface area contributed by atoms with Crippen molar-refractivity contribution >= 4 is 11.7 Å². The maximum absolute atomic E-state index is 13.4. The first-order valence-electron chi connectivity index (χ1n) is 4.98. The van der Waals surface area contributed by atoms with Gasteiger partial charge in [-0.25, -0.2) is 13.6 Å². The van der Waals surface area contributed by atoms with Gasteiger partial charge in [0.15, 0.2) is 5.69 Å². The van der Waals surface area contributed by atoms with E-state index in [1.165, 1.54) is 12.3 Å². The van der Waals surface area contributed by atoms with E-state index in [-0.39, 0.29) is 23.5 Å². The van der Waals surface area contributed by atoms with Gasteiger partial charge in [0.25, 0.3) is 0 Å². The number of nitrogens with zero attached hydrogens (tertiary/aromatic N) is 2. The molecule has 0 unspecified atom stereocenters. The predicted octanol–water partition coefficient (Wildman–Crippen LogP) is 1.49. The molecule has 0 amide bonds. The largest absolute Gasteiger partial charge is 0.476 e. The highest BCUT2D eigenvalue weighted by Gasteiger charge is 2.15. The molecule has 3 N–H and O–H groups in total. The Labute approximate surface area is 100 Å². The Morgan fingerprint density at radius 1 is 1.39 bits per heavy atom. The van der Waals surface area contributed by atoms with Gasteiger partial charge in [-0.3, -0.25) is 4.68 Å². The fourth-order valence-electron chi connectivity index (χ4n) is 1.53. The first kappa shape index (κ1) is 12.0. The van der Waals surface area contributed by atoms with Crippen LogP contribution in [0.3, 0.4) is 0 Å². The van der Waals surface area contributed by atoms with Crippen molar-refractivity contribution in [3.63, 3.8) is 0 Å². The monoisotopic (exact) mass is 253 g/mol. The van der Waals surface area contributed by atoms with Crippen molar-refractivity contribution in [3.05, 3.63) is 47.3 Å². The van der Waals surface area contributed by atoms with E-state index >= 15 is 0 Å². The third kappa shape index (κ3) is 2.15. The summed E-state index contributed by atoms with van der Waals surface area (Å²) in [6.07, 6.45) is 1.22. The third-order valence-corrected chi connectivity index (χ3v) is 2.37. The van der Waals surface area contributed by atoms with E-state index in [0.717, 1.165) is 16.8 Å². The van der Waals surface area contributed by atoms with Crippen LogP contribution in [0.2, 0.25) is 0 Å². The molecule has 0 fully saturated rings. The highest BCUT2D eigenvalue weighted by molar-refractivity contribution is 5.91. The minimum absolute atomic E-state index is 0.0563. The minimum Gasteiger partial charge on any atom is -0.476 e. The lowest BCUT2D eigenvalue weighted by Crippen LogP contribution is -2.07. The zero-order valence-electron chi connectivity index (χ0n) is 9.10. The Balaban J connectivity index is 2.35. The molecule has 1 aromatic carbocycles. The van der Waals surface area contributed by atoms with Gasteiger partial charge in [0.1, 0.15) is 11.6 Å². The number of carboxylic acids is 1. The Bertz CT molecular complexity index is 590. The summed E-state index contributed by atoms with van der Waals surface area (Å²) in [6, 6.07) is 3.47. The van der Waals surface area contributed by atoms with Gasteiger partial charge >= 0.3 is 5.97 Å². The number of nitrogen functional groups attached to an aromatic ring is 1. The van der Waals surface area contributed by atoms with Crippen molar-refractivity contribution < 1.29 is 18.7 Å². The summed E-state index contributed by atoms with van der Waals surface area (Å²) in [5.74, 6) is -2.73. The van der Waals surface area contributed by atoms with Gasteiger partial charge in [-0.05, 0) is 12.1 Å². The van der Waals surface area contributed by atoms with Crippen LogP contribution in [-0.4, -0.2) is 20.9 Å². The Kier molecular flexibility index (Phi) is 2.97. The lowest BCUT2D eigenvalue weighted by Gasteiger charge is -2.04. The molecule has 94 valence electrons. The Hall–Kier alpha value is -2.44. The van der Waals surface area contributed by atoms with E-state index in [1.807, 2.05) is 0 Å². The van der Waals surface area contributed by atoms with Crippen LogP contribution in [0.25, 0.3) is 0 Å². The number of aromatic carboxylic acids is 1. The predicted molar refractivity (Wildman–Crippen MR) is 59.1 cm³/mol. The van der Waals surface area contributed by atoms with Crippen LogP contribution in [0.15, 0.2) is 24.4 Å². The Morgan fingerprint density at radius 2 is 2.00 bits per heavy atom. The van der Waals surface area contributed by atoms with Crippen molar-refractivity contribution in [2.45, 2.75) is 6.54 Å². The average molecular weight is 253 g/mol. The second-order valence-electron chi connectivity index (χ2n) is 3.64. The zero-order chi connectivity index (χ0) is 13.3. The van der Waals surface area contributed by atoms with Crippen molar-refractivity contribution in [2.75, 3.05) is 5.73 Å². The van der Waals surface area contributed by atoms with Gasteiger partial charge in [-0.15, -0.1) is 0 Å². The maximum Gasteiger partial charge on any atom is 0.358 e. The summed E-state index contributed by atoms with van der Waals surface area (Å²) in [7, 11) is 0. The van der Waals surface area contributed by atoms with Crippen LogP contribution in [0, 0.1) is 11.6 Å². The molecule has 0 radical (unpaired) electrons. The highest BCUT2D eigenvalue weighted by atomic mass is 19.1. The molecule has 18 heavy (non-hydrogen) atoms. The van der Waals surface area contributed by atoms with Crippen LogP contribution < -0.4 is 5.73 Å². The van der Waals surface area contributed by atoms with Crippen LogP contribution in [-0.2, 0) is 6.54 Å². The van der Waals surface area contributed by atoms with Crippen molar-refractivity contribution in [1.82, 2.24) is 9.78 Å². The number of aromatic nitrogens is 2. The van der Waals surface area contributed by atoms with Gasteiger partial charge < -0.3 is 10.8 Å². The second-order valence-corrected chi connectivity index (χ2v) is 3.64. The summed E-state index contributed by atoms with van der Waals surface area (Å²) < 4.78 is 27.8. The number of halogens is 2. The molecule has 2 rings (SSSR count). The number of benzene rings is 1. The van der Waals surface area contributed by atoms with Crippen molar-refractivity contribution in [1.29, 1.82) is 0 Å². The fourth-order valence-corrected chi connectivity index (χ4v) is 1.53. The molecule has 1 aromatic heterocycles. The van der Waals surface area contributed by atoms with E-state index in [0.29, 0.717) is 0 Å². The number of carbonyl (C=O) groups is 1. The van der Waals surface area contributed by atoms with Gasteiger partial charge in [-0.2, -0.15) is 5.10 Å². The number of rotatable bonds is 3. The minimum atomic E-state index is -1.29. The van der Waals surface area contributed by atoms with Gasteiger partial charge in [-0.1, -0.05) is 6.07 Å². The van der Waals surface area contributed by atoms with E-state index in [9.17, 15) is 13.6 Å². The highest BCUT2D eigenvalue weighted by Crippen LogP contribution is 2.15. The van der Waals surface area contributed by atoms with Crippen LogP contribution in [0.5, 0.6) is 0 Å². The van der Waals surface area contributed by atoms with Crippen LogP contribution in [0.1, 0.15) is 16.1 Å². The summed E-state index contributed by atoms with van der Waals surface area (Å²) in [5.41, 5.74) is 4.83. The van der Waals surface area contributed by atoms with Gasteiger partial charge in [0.05, 0.1) is 12.2 Å². The fraction of sp³-hybridized carbons (Fsp3) is 0.0909. The molecular formula is C11H9F2N3O2. The molecule has 7 heteroatoms. The molecule has 1 heterocycles. The molecule has 0 aliphatic carbocycles. The van der Waals surface area contributed by atoms with E-state index in [1.54, 1.807) is 0 Å². The quantitative estimate of drug-likeness (QED) is 0.868. The molecule has 0 saturated carbocycles. The van der Waals surface area contributed by atoms with Crippen molar-refractivity contribution in [2.24, 2.45) is 0 Å². The van der Waals surface area contributed by atoms with E-state index in [4.69, 9.17) is 10.8 Å². The Morgan fingerprint density at radius 3 is 2.50 bits per heavy atom. The number of anilines is 1. The maximum atomic E-state index is 13.4. The molecule has 0 spiro atoms. The number of carboxylic acid groups (broad SMARTS) is 1. The topological polar surface area (TPSA) is 81.1 Å². The lowest BCUT2D eigenvalue weighted by molar-refractivity contribution is 0.0690. The number of hydrogen-bond acceptors (Lipinski definition) is 3. The lowest BCUT2D eigenvalue weighted by atomic mass is 10.2. The summed E-state index contributed by atoms with van der Waals surface area (Å²) >= 11 is 0. The SMILES string of the molecule is Nc1cn(Cc2c(F)cccc2F)nc1C(=O)O. The molecule has 0 atom stereocenters. The summed E-state index contributed by atoms with van der Waals surface area (Å²) in [4.78, 5) is 10.7. The molecule has 0 aliphatic rings. The first-order valence-corrected chi connectivity index (χ1v) is 4.98. The molecule has 0 saturated heterocycles. The standard InChI is InChI=1S/C11H9F2N3O2/c12-7-2-1-3-8(13)6(7)4-16-5-9(14)10(15-16)11(17)18/h1-3,5H,4,14H2,(H,17,18). The summed E-state index contributed by atoms with van der Waals surface area (Å²) in [5, 5.41) is 12.4. The molecule has 5 nitrogen and oxygen atoms in total. The van der Waals surface area contributed by atoms with E-state index < -0.39 is 17.6 Å². The number of hydrogen-bond donors (Lipinski definition) is 2. The zero-order valence-corrected chi connectivity index (χ0v) is 9.10. The van der Waals surface area contributed by atoms with Crippen LogP contribution in [0.4, 0.5) is 14.5 Å². The van der Waals surface area contributed by atoms with Crippen LogP contribution >= 0.6 is 0 Å².